The number of hydrogen-bond acceptors (Lipinski definition) is 2. The van der Waals surface area contributed by atoms with Crippen LogP contribution in [-0.4, -0.2) is 40.8 Å². The van der Waals surface area contributed by atoms with Crippen molar-refractivity contribution < 1.29 is 0 Å². The van der Waals surface area contributed by atoms with Crippen LogP contribution >= 0.6 is 0 Å². The molecule has 0 bridgehead atoms. The van der Waals surface area contributed by atoms with Gasteiger partial charge in [0.25, 0.3) is 0 Å². The van der Waals surface area contributed by atoms with E-state index in [1.165, 1.54) is 36.8 Å². The molecule has 0 amide bonds. The van der Waals surface area contributed by atoms with Crippen LogP contribution < -0.4 is 5.32 Å². The monoisotopic (exact) mass is 351 g/mol. The van der Waals surface area contributed by atoms with Gasteiger partial charge in [-0.25, -0.2) is 0 Å². The Labute approximate surface area is 156 Å². The third kappa shape index (κ3) is 3.92. The first-order chi connectivity index (χ1) is 12.8. The summed E-state index contributed by atoms with van der Waals surface area (Å²) < 4.78 is 2.00. The third-order valence-electron chi connectivity index (χ3n) is 5.81. The molecule has 1 N–H and O–H groups in total. The smallest absolute Gasteiger partial charge is 0.193 e. The van der Waals surface area contributed by atoms with Gasteiger partial charge in [-0.1, -0.05) is 43.2 Å². The van der Waals surface area contributed by atoms with Crippen molar-refractivity contribution in [2.45, 2.75) is 38.8 Å². The van der Waals surface area contributed by atoms with Gasteiger partial charge in [-0.3, -0.25) is 9.67 Å². The van der Waals surface area contributed by atoms with Crippen LogP contribution in [0.15, 0.2) is 47.7 Å². The lowest BCUT2D eigenvalue weighted by Gasteiger charge is -2.22. The average molecular weight is 351 g/mol. The molecule has 1 saturated carbocycles. The van der Waals surface area contributed by atoms with Crippen molar-refractivity contribution in [3.63, 3.8) is 0 Å². The summed E-state index contributed by atoms with van der Waals surface area (Å²) in [5, 5.41) is 8.03. The fourth-order valence-corrected chi connectivity index (χ4v) is 4.45. The molecule has 2 aliphatic rings. The van der Waals surface area contributed by atoms with E-state index in [1.54, 1.807) is 0 Å². The van der Waals surface area contributed by atoms with Gasteiger partial charge in [-0.05, 0) is 30.2 Å². The molecular weight excluding hydrogens is 322 g/mol. The molecule has 1 aliphatic carbocycles. The molecule has 2 heterocycles. The van der Waals surface area contributed by atoms with Crippen molar-refractivity contribution in [3.05, 3.63) is 53.9 Å². The van der Waals surface area contributed by atoms with Crippen molar-refractivity contribution >= 4 is 5.96 Å². The molecule has 1 aliphatic heterocycles. The summed E-state index contributed by atoms with van der Waals surface area (Å²) >= 11 is 0. The number of aliphatic imine (C=N–C) groups is 1. The highest BCUT2D eigenvalue weighted by molar-refractivity contribution is 5.80. The second-order valence-electron chi connectivity index (χ2n) is 7.64. The lowest BCUT2D eigenvalue weighted by atomic mass is 9.82. The van der Waals surface area contributed by atoms with Gasteiger partial charge in [0.1, 0.15) is 0 Å². The predicted octanol–water partition coefficient (Wildman–Crippen LogP) is 3.13. The van der Waals surface area contributed by atoms with E-state index < -0.39 is 0 Å². The first-order valence-corrected chi connectivity index (χ1v) is 9.82. The van der Waals surface area contributed by atoms with Crippen LogP contribution in [0.4, 0.5) is 0 Å². The molecule has 1 aromatic heterocycles. The Balaban J connectivity index is 1.32. The summed E-state index contributed by atoms with van der Waals surface area (Å²) in [4.78, 5) is 6.98. The Hall–Kier alpha value is -2.30. The largest absolute Gasteiger partial charge is 0.352 e. The van der Waals surface area contributed by atoms with Gasteiger partial charge < -0.3 is 10.2 Å². The van der Waals surface area contributed by atoms with Crippen molar-refractivity contribution in [3.8, 4) is 0 Å². The number of likely N-dealkylation sites (tertiary alicyclic amines) is 1. The van der Waals surface area contributed by atoms with Crippen molar-refractivity contribution in [1.29, 1.82) is 0 Å². The van der Waals surface area contributed by atoms with Gasteiger partial charge in [0.2, 0.25) is 0 Å². The molecule has 1 aromatic carbocycles. The van der Waals surface area contributed by atoms with E-state index in [2.05, 4.69) is 50.8 Å². The molecule has 26 heavy (non-hydrogen) atoms. The SMILES string of the molecule is CN=C(NCc1cnn(Cc2ccccc2)c1)N1CC2CCCCC2C1. The second-order valence-corrected chi connectivity index (χ2v) is 7.64. The summed E-state index contributed by atoms with van der Waals surface area (Å²) in [7, 11) is 1.89. The zero-order chi connectivity index (χ0) is 17.8. The Morgan fingerprint density at radius 1 is 1.12 bits per heavy atom. The summed E-state index contributed by atoms with van der Waals surface area (Å²) in [6.07, 6.45) is 9.67. The fraction of sp³-hybridized carbons (Fsp3) is 0.524. The van der Waals surface area contributed by atoms with E-state index in [1.807, 2.05) is 24.0 Å². The van der Waals surface area contributed by atoms with Gasteiger partial charge in [0.05, 0.1) is 12.7 Å². The van der Waals surface area contributed by atoms with Crippen LogP contribution in [0.25, 0.3) is 0 Å². The predicted molar refractivity (Wildman–Crippen MR) is 105 cm³/mol. The number of nitrogens with zero attached hydrogens (tertiary/aromatic N) is 4. The number of benzene rings is 1. The van der Waals surface area contributed by atoms with Crippen LogP contribution in [0.2, 0.25) is 0 Å². The molecule has 2 atom stereocenters. The molecule has 1 saturated heterocycles. The number of fused-ring (bicyclic) bond motifs is 1. The minimum atomic E-state index is 0.771. The van der Waals surface area contributed by atoms with E-state index in [4.69, 9.17) is 0 Å². The molecule has 0 radical (unpaired) electrons. The fourth-order valence-electron chi connectivity index (χ4n) is 4.45. The van der Waals surface area contributed by atoms with E-state index >= 15 is 0 Å². The van der Waals surface area contributed by atoms with Gasteiger partial charge in [0.15, 0.2) is 5.96 Å². The molecule has 0 spiro atoms. The van der Waals surface area contributed by atoms with Crippen LogP contribution in [0.5, 0.6) is 0 Å². The molecule has 2 fully saturated rings. The van der Waals surface area contributed by atoms with Gasteiger partial charge >= 0.3 is 0 Å². The Bertz CT molecular complexity index is 722. The second kappa shape index (κ2) is 7.94. The average Bonchev–Trinajstić information content (AvgIpc) is 3.30. The van der Waals surface area contributed by atoms with Crippen molar-refractivity contribution in [2.75, 3.05) is 20.1 Å². The van der Waals surface area contributed by atoms with Crippen LogP contribution in [0.1, 0.15) is 36.8 Å². The van der Waals surface area contributed by atoms with Crippen LogP contribution in [0, 0.1) is 11.8 Å². The van der Waals surface area contributed by atoms with Crippen molar-refractivity contribution in [2.24, 2.45) is 16.8 Å². The molecule has 5 heteroatoms. The number of aromatic nitrogens is 2. The number of guanidine groups is 1. The maximum absolute atomic E-state index is 4.52. The first-order valence-electron chi connectivity index (χ1n) is 9.82. The standard InChI is InChI=1S/C21H29N5/c1-22-21(25-15-19-9-5-6-10-20(19)16-25)23-11-18-12-24-26(14-18)13-17-7-3-2-4-8-17/h2-4,7-8,12,14,19-20H,5-6,9-11,13,15-16H2,1H3,(H,22,23). The molecule has 138 valence electrons. The summed E-state index contributed by atoms with van der Waals surface area (Å²) in [5.74, 6) is 2.78. The normalized spacial score (nSPS) is 23.1. The quantitative estimate of drug-likeness (QED) is 0.680. The van der Waals surface area contributed by atoms with Gasteiger partial charge in [-0.15, -0.1) is 0 Å². The maximum Gasteiger partial charge on any atom is 0.193 e. The number of nitrogens with one attached hydrogen (secondary N) is 1. The van der Waals surface area contributed by atoms with Crippen molar-refractivity contribution in [1.82, 2.24) is 20.0 Å². The first kappa shape index (κ1) is 17.1. The van der Waals surface area contributed by atoms with Crippen LogP contribution in [0.3, 0.4) is 0 Å². The number of rotatable bonds is 4. The summed E-state index contributed by atoms with van der Waals surface area (Å²) in [6, 6.07) is 10.4. The Morgan fingerprint density at radius 2 is 1.85 bits per heavy atom. The van der Waals surface area contributed by atoms with Crippen LogP contribution in [-0.2, 0) is 13.1 Å². The Kier molecular flexibility index (Phi) is 5.23. The zero-order valence-corrected chi connectivity index (χ0v) is 15.6. The molecule has 4 rings (SSSR count). The highest BCUT2D eigenvalue weighted by atomic mass is 15.3. The Morgan fingerprint density at radius 3 is 2.54 bits per heavy atom. The highest BCUT2D eigenvalue weighted by Crippen LogP contribution is 2.35. The summed E-state index contributed by atoms with van der Waals surface area (Å²) in [6.45, 7) is 3.91. The van der Waals surface area contributed by atoms with Gasteiger partial charge in [-0.2, -0.15) is 5.10 Å². The van der Waals surface area contributed by atoms with E-state index in [0.717, 1.165) is 44.0 Å². The van der Waals surface area contributed by atoms with E-state index in [-0.39, 0.29) is 0 Å². The lowest BCUT2D eigenvalue weighted by molar-refractivity contribution is 0.299. The van der Waals surface area contributed by atoms with E-state index in [9.17, 15) is 0 Å². The lowest BCUT2D eigenvalue weighted by Crippen LogP contribution is -2.39. The molecular formula is C21H29N5. The molecule has 2 aromatic rings. The summed E-state index contributed by atoms with van der Waals surface area (Å²) in [5.41, 5.74) is 2.46. The highest BCUT2D eigenvalue weighted by Gasteiger charge is 2.35. The van der Waals surface area contributed by atoms with E-state index in [0.29, 0.717) is 0 Å². The topological polar surface area (TPSA) is 45.5 Å². The maximum atomic E-state index is 4.52. The minimum Gasteiger partial charge on any atom is -0.352 e. The third-order valence-corrected chi connectivity index (χ3v) is 5.81. The van der Waals surface area contributed by atoms with Gasteiger partial charge in [0, 0.05) is 38.4 Å². The molecule has 2 unspecified atom stereocenters. The molecule has 5 nitrogen and oxygen atoms in total. The minimum absolute atomic E-state index is 0.771. The number of hydrogen-bond donors (Lipinski definition) is 1. The zero-order valence-electron chi connectivity index (χ0n) is 15.6.